The van der Waals surface area contributed by atoms with E-state index < -0.39 is 0 Å². The Morgan fingerprint density at radius 3 is 2.33 bits per heavy atom. The van der Waals surface area contributed by atoms with Crippen LogP contribution in [0.1, 0.15) is 56.3 Å². The Hall–Kier alpha value is -1.32. The predicted octanol–water partition coefficient (Wildman–Crippen LogP) is 3.06. The molecule has 2 aliphatic rings. The van der Waals surface area contributed by atoms with Gasteiger partial charge in [-0.3, -0.25) is 0 Å². The van der Waals surface area contributed by atoms with Crippen LogP contribution in [-0.2, 0) is 0 Å². The monoisotopic (exact) mass is 246 g/mol. The van der Waals surface area contributed by atoms with Crippen molar-refractivity contribution in [2.75, 3.05) is 17.7 Å². The molecule has 0 aliphatic heterocycles. The number of aromatic nitrogens is 2. The lowest BCUT2D eigenvalue weighted by molar-refractivity contribution is 0.305. The van der Waals surface area contributed by atoms with Crippen LogP contribution < -0.4 is 10.6 Å². The van der Waals surface area contributed by atoms with Gasteiger partial charge in [-0.1, -0.05) is 0 Å². The first-order valence-corrected chi connectivity index (χ1v) is 6.96. The summed E-state index contributed by atoms with van der Waals surface area (Å²) >= 11 is 0. The summed E-state index contributed by atoms with van der Waals surface area (Å²) in [5, 5.41) is 6.82. The van der Waals surface area contributed by atoms with Crippen LogP contribution in [-0.4, -0.2) is 22.6 Å². The second-order valence-corrected chi connectivity index (χ2v) is 5.97. The molecular weight excluding hydrogens is 224 g/mol. The smallest absolute Gasteiger partial charge is 0.136 e. The molecule has 3 rings (SSSR count). The first-order valence-electron chi connectivity index (χ1n) is 6.96. The highest BCUT2D eigenvalue weighted by Crippen LogP contribution is 2.41. The Morgan fingerprint density at radius 1 is 1.17 bits per heavy atom. The Morgan fingerprint density at radius 2 is 1.83 bits per heavy atom. The molecule has 0 bridgehead atoms. The van der Waals surface area contributed by atoms with Crippen molar-refractivity contribution in [3.63, 3.8) is 0 Å². The minimum absolute atomic E-state index is 0.241. The van der Waals surface area contributed by atoms with Crippen LogP contribution in [0.2, 0.25) is 0 Å². The van der Waals surface area contributed by atoms with Gasteiger partial charge in [0, 0.05) is 24.1 Å². The van der Waals surface area contributed by atoms with Crippen LogP contribution in [0, 0.1) is 6.92 Å². The van der Waals surface area contributed by atoms with Crippen molar-refractivity contribution >= 4 is 11.6 Å². The highest BCUT2D eigenvalue weighted by Gasteiger charge is 2.34. The summed E-state index contributed by atoms with van der Waals surface area (Å²) in [6, 6.07) is 0. The topological polar surface area (TPSA) is 49.8 Å². The SMILES string of the molecule is CNc1nc(C2CC2)nc(NC2(C)CCC2)c1C. The number of rotatable bonds is 4. The lowest BCUT2D eigenvalue weighted by Crippen LogP contribution is -2.42. The molecule has 1 aromatic rings. The van der Waals surface area contributed by atoms with E-state index in [2.05, 4.69) is 29.5 Å². The van der Waals surface area contributed by atoms with E-state index >= 15 is 0 Å². The molecule has 2 saturated carbocycles. The third-order valence-corrected chi connectivity index (χ3v) is 4.22. The molecular formula is C14H22N4. The molecule has 0 spiro atoms. The summed E-state index contributed by atoms with van der Waals surface area (Å²) in [7, 11) is 1.93. The van der Waals surface area contributed by atoms with Gasteiger partial charge in [0.2, 0.25) is 0 Å². The lowest BCUT2D eigenvalue weighted by atomic mass is 9.78. The van der Waals surface area contributed by atoms with Crippen molar-refractivity contribution < 1.29 is 0 Å². The fourth-order valence-corrected chi connectivity index (χ4v) is 2.54. The Kier molecular flexibility index (Phi) is 2.68. The zero-order valence-electron chi connectivity index (χ0n) is 11.5. The molecule has 0 aromatic carbocycles. The summed E-state index contributed by atoms with van der Waals surface area (Å²) in [6.45, 7) is 4.38. The van der Waals surface area contributed by atoms with Crippen molar-refractivity contribution in [2.45, 2.75) is 57.4 Å². The maximum atomic E-state index is 4.75. The molecule has 98 valence electrons. The Bertz CT molecular complexity index is 461. The summed E-state index contributed by atoms with van der Waals surface area (Å²) < 4.78 is 0. The van der Waals surface area contributed by atoms with Gasteiger partial charge in [0.25, 0.3) is 0 Å². The van der Waals surface area contributed by atoms with Crippen LogP contribution in [0.25, 0.3) is 0 Å². The zero-order chi connectivity index (χ0) is 12.8. The van der Waals surface area contributed by atoms with Crippen molar-refractivity contribution in [3.05, 3.63) is 11.4 Å². The summed E-state index contributed by atoms with van der Waals surface area (Å²) in [5.41, 5.74) is 1.38. The molecule has 1 aromatic heterocycles. The van der Waals surface area contributed by atoms with Crippen LogP contribution in [0.5, 0.6) is 0 Å². The van der Waals surface area contributed by atoms with E-state index in [0.29, 0.717) is 5.92 Å². The van der Waals surface area contributed by atoms with Gasteiger partial charge in [0.15, 0.2) is 0 Å². The molecule has 18 heavy (non-hydrogen) atoms. The van der Waals surface area contributed by atoms with Gasteiger partial charge in [0.1, 0.15) is 17.5 Å². The molecule has 2 N–H and O–H groups in total. The number of nitrogens with zero attached hydrogens (tertiary/aromatic N) is 2. The largest absolute Gasteiger partial charge is 0.373 e. The molecule has 2 fully saturated rings. The van der Waals surface area contributed by atoms with Crippen molar-refractivity contribution in [2.24, 2.45) is 0 Å². The third-order valence-electron chi connectivity index (χ3n) is 4.22. The molecule has 2 aliphatic carbocycles. The first kappa shape index (κ1) is 11.8. The predicted molar refractivity (Wildman–Crippen MR) is 74.2 cm³/mol. The zero-order valence-corrected chi connectivity index (χ0v) is 11.5. The fraction of sp³-hybridized carbons (Fsp3) is 0.714. The van der Waals surface area contributed by atoms with Gasteiger partial charge in [-0.25, -0.2) is 9.97 Å². The number of hydrogen-bond acceptors (Lipinski definition) is 4. The highest BCUT2D eigenvalue weighted by atomic mass is 15.1. The van der Waals surface area contributed by atoms with E-state index in [0.717, 1.165) is 23.0 Å². The molecule has 4 heteroatoms. The first-order chi connectivity index (χ1) is 8.61. The van der Waals surface area contributed by atoms with E-state index in [9.17, 15) is 0 Å². The average Bonchev–Trinajstić information content (AvgIpc) is 3.13. The molecule has 0 radical (unpaired) electrons. The van der Waals surface area contributed by atoms with E-state index in [-0.39, 0.29) is 5.54 Å². The van der Waals surface area contributed by atoms with Crippen molar-refractivity contribution in [3.8, 4) is 0 Å². The standard InChI is InChI=1S/C14H22N4/c1-9-11(15-3)16-13(10-5-6-10)17-12(9)18-14(2)7-4-8-14/h10H,4-8H2,1-3H3,(H2,15,16,17,18). The second-order valence-electron chi connectivity index (χ2n) is 5.97. The Labute approximate surface area is 109 Å². The van der Waals surface area contributed by atoms with Crippen LogP contribution in [0.4, 0.5) is 11.6 Å². The van der Waals surface area contributed by atoms with E-state index in [1.165, 1.54) is 32.1 Å². The fourth-order valence-electron chi connectivity index (χ4n) is 2.54. The summed E-state index contributed by atoms with van der Waals surface area (Å²) in [6.07, 6.45) is 6.28. The highest BCUT2D eigenvalue weighted by molar-refractivity contribution is 5.58. The van der Waals surface area contributed by atoms with E-state index in [1.807, 2.05) is 7.05 Å². The van der Waals surface area contributed by atoms with Gasteiger partial charge < -0.3 is 10.6 Å². The Balaban J connectivity index is 1.92. The number of hydrogen-bond donors (Lipinski definition) is 2. The maximum Gasteiger partial charge on any atom is 0.136 e. The lowest BCUT2D eigenvalue weighted by Gasteiger charge is -2.40. The molecule has 0 unspecified atom stereocenters. The molecule has 0 saturated heterocycles. The van der Waals surface area contributed by atoms with E-state index in [1.54, 1.807) is 0 Å². The van der Waals surface area contributed by atoms with Crippen LogP contribution in [0.15, 0.2) is 0 Å². The molecule has 0 atom stereocenters. The molecule has 0 amide bonds. The average molecular weight is 246 g/mol. The minimum Gasteiger partial charge on any atom is -0.373 e. The molecule has 4 nitrogen and oxygen atoms in total. The van der Waals surface area contributed by atoms with Gasteiger partial charge in [-0.05, 0) is 46.0 Å². The number of anilines is 2. The third kappa shape index (κ3) is 2.04. The minimum atomic E-state index is 0.241. The number of nitrogens with one attached hydrogen (secondary N) is 2. The van der Waals surface area contributed by atoms with Gasteiger partial charge in [-0.15, -0.1) is 0 Å². The summed E-state index contributed by atoms with van der Waals surface area (Å²) in [4.78, 5) is 9.37. The van der Waals surface area contributed by atoms with Gasteiger partial charge in [-0.2, -0.15) is 0 Å². The summed E-state index contributed by atoms with van der Waals surface area (Å²) in [5.74, 6) is 3.60. The van der Waals surface area contributed by atoms with Gasteiger partial charge in [0.05, 0.1) is 0 Å². The van der Waals surface area contributed by atoms with Crippen molar-refractivity contribution in [1.29, 1.82) is 0 Å². The molecule has 1 heterocycles. The maximum absolute atomic E-state index is 4.75. The van der Waals surface area contributed by atoms with E-state index in [4.69, 9.17) is 4.98 Å². The van der Waals surface area contributed by atoms with Crippen molar-refractivity contribution in [1.82, 2.24) is 9.97 Å². The van der Waals surface area contributed by atoms with Gasteiger partial charge >= 0.3 is 0 Å². The van der Waals surface area contributed by atoms with Crippen LogP contribution in [0.3, 0.4) is 0 Å². The van der Waals surface area contributed by atoms with Crippen LogP contribution >= 0.6 is 0 Å². The second kappa shape index (κ2) is 4.11. The quantitative estimate of drug-likeness (QED) is 0.857. The normalized spacial score (nSPS) is 21.3.